The van der Waals surface area contributed by atoms with Crippen molar-refractivity contribution in [3.05, 3.63) is 214 Å². The molecule has 8 aromatic rings. The van der Waals surface area contributed by atoms with E-state index in [0.29, 0.717) is 46.0 Å². The third-order valence-corrected chi connectivity index (χ3v) is 11.3. The van der Waals surface area contributed by atoms with Gasteiger partial charge in [-0.3, -0.25) is 0 Å². The van der Waals surface area contributed by atoms with Crippen molar-refractivity contribution in [1.29, 1.82) is 0 Å². The molecule has 0 unspecified atom stereocenters. The molecule has 0 fully saturated rings. The van der Waals surface area contributed by atoms with E-state index < -0.39 is 0 Å². The lowest BCUT2D eigenvalue weighted by atomic mass is 9.71. The van der Waals surface area contributed by atoms with E-state index in [-0.39, 0.29) is 11.8 Å². The summed E-state index contributed by atoms with van der Waals surface area (Å²) in [4.78, 5) is 0. The van der Waals surface area contributed by atoms with Crippen LogP contribution >= 0.6 is 0 Å². The maximum absolute atomic E-state index is 6.85. The number of benzene rings is 8. The van der Waals surface area contributed by atoms with Gasteiger partial charge >= 0.3 is 0 Å². The molecular weight excluding hydrogens is 745 g/mol. The van der Waals surface area contributed by atoms with Crippen LogP contribution in [0.4, 0.5) is 0 Å². The Balaban J connectivity index is 1.12. The van der Waals surface area contributed by atoms with E-state index in [1.807, 2.05) is 173 Å². The van der Waals surface area contributed by atoms with Crippen molar-refractivity contribution in [3.8, 4) is 69.0 Å². The van der Waals surface area contributed by atoms with Crippen LogP contribution in [0.1, 0.15) is 56.3 Å². The molecule has 0 aromatic heterocycles. The van der Waals surface area contributed by atoms with Gasteiger partial charge in [-0.25, -0.2) is 0 Å². The fourth-order valence-corrected chi connectivity index (χ4v) is 8.18. The number of para-hydroxylation sites is 4. The molecule has 0 saturated carbocycles. The van der Waals surface area contributed by atoms with Gasteiger partial charge in [0, 0.05) is 58.4 Å². The molecule has 6 nitrogen and oxygen atoms in total. The van der Waals surface area contributed by atoms with Gasteiger partial charge in [-0.2, -0.15) is 0 Å². The van der Waals surface area contributed by atoms with Gasteiger partial charge in [0.2, 0.25) is 0 Å². The first kappa shape index (κ1) is 36.9. The Hall–Kier alpha value is -7.44. The summed E-state index contributed by atoms with van der Waals surface area (Å²) in [6, 6.07) is 56.7. The SMILES string of the molecule is Cc1ccccc1Oc1ccc2c(c1)Oc1cc(Oc3ccccc3C)ccc1C2C1c2ccc(Oc3ccccc3C)cc2Oc2cc(Oc3ccccc3C)ccc21. The summed E-state index contributed by atoms with van der Waals surface area (Å²) in [6.07, 6.45) is 0. The summed E-state index contributed by atoms with van der Waals surface area (Å²) in [6.45, 7) is 8.17. The molecule has 0 N–H and O–H groups in total. The number of fused-ring (bicyclic) bond motifs is 4. The highest BCUT2D eigenvalue weighted by Gasteiger charge is 2.41. The van der Waals surface area contributed by atoms with Crippen LogP contribution in [0.25, 0.3) is 0 Å². The van der Waals surface area contributed by atoms with Gasteiger partial charge in [0.25, 0.3) is 0 Å². The highest BCUT2D eigenvalue weighted by molar-refractivity contribution is 5.66. The van der Waals surface area contributed by atoms with Gasteiger partial charge < -0.3 is 28.4 Å². The Morgan fingerprint density at radius 1 is 0.300 bits per heavy atom. The van der Waals surface area contributed by atoms with Crippen molar-refractivity contribution in [2.75, 3.05) is 0 Å². The fourth-order valence-electron chi connectivity index (χ4n) is 8.18. The van der Waals surface area contributed by atoms with Crippen LogP contribution in [-0.4, -0.2) is 0 Å². The average molecular weight is 787 g/mol. The van der Waals surface area contributed by atoms with Crippen molar-refractivity contribution in [2.24, 2.45) is 0 Å². The smallest absolute Gasteiger partial charge is 0.135 e. The van der Waals surface area contributed by atoms with Crippen molar-refractivity contribution in [1.82, 2.24) is 0 Å². The first-order valence-electron chi connectivity index (χ1n) is 20.2. The lowest BCUT2D eigenvalue weighted by Gasteiger charge is -2.38. The lowest BCUT2D eigenvalue weighted by Crippen LogP contribution is -2.22. The highest BCUT2D eigenvalue weighted by atomic mass is 16.5. The van der Waals surface area contributed by atoms with Crippen LogP contribution in [0.3, 0.4) is 0 Å². The van der Waals surface area contributed by atoms with Crippen LogP contribution in [0.15, 0.2) is 170 Å². The van der Waals surface area contributed by atoms with E-state index >= 15 is 0 Å². The number of aryl methyl sites for hydroxylation is 4. The van der Waals surface area contributed by atoms with Gasteiger partial charge in [-0.1, -0.05) is 97.1 Å². The zero-order valence-electron chi connectivity index (χ0n) is 33.8. The predicted molar refractivity (Wildman–Crippen MR) is 235 cm³/mol. The molecule has 0 atom stereocenters. The van der Waals surface area contributed by atoms with Crippen LogP contribution in [-0.2, 0) is 0 Å². The third-order valence-electron chi connectivity index (χ3n) is 11.3. The largest absolute Gasteiger partial charge is 0.457 e. The Labute approximate surface area is 350 Å². The van der Waals surface area contributed by atoms with Crippen molar-refractivity contribution in [2.45, 2.75) is 39.5 Å². The number of rotatable bonds is 9. The summed E-state index contributed by atoms with van der Waals surface area (Å²) in [5.41, 5.74) is 8.28. The van der Waals surface area contributed by atoms with Crippen molar-refractivity contribution >= 4 is 0 Å². The normalized spacial score (nSPS) is 12.8. The van der Waals surface area contributed by atoms with E-state index in [1.165, 1.54) is 0 Å². The standard InChI is InChI=1S/C54H42O6/c1-33-13-5-9-17-45(33)55-37-21-25-41-49(29-37)59-50-30-38(56-46-18-10-6-14-34(46)2)22-26-42(50)53(41)54-43-27-23-39(57-47-19-11-7-15-35(47)3)31-51(43)60-52-32-40(24-28-44(52)54)58-48-20-12-8-16-36(48)4/h5-32,53-54H,1-4H3. The highest BCUT2D eigenvalue weighted by Crippen LogP contribution is 2.59. The second kappa shape index (κ2) is 15.4. The number of ether oxygens (including phenoxy) is 6. The monoisotopic (exact) mass is 786 g/mol. The minimum Gasteiger partial charge on any atom is -0.457 e. The second-order valence-electron chi connectivity index (χ2n) is 15.4. The molecule has 294 valence electrons. The molecule has 0 aliphatic carbocycles. The summed E-state index contributed by atoms with van der Waals surface area (Å²) in [5.74, 6) is 8.33. The predicted octanol–water partition coefficient (Wildman–Crippen LogP) is 15.3. The summed E-state index contributed by atoms with van der Waals surface area (Å²) >= 11 is 0. The average Bonchev–Trinajstić information content (AvgIpc) is 3.25. The first-order chi connectivity index (χ1) is 29.3. The Morgan fingerprint density at radius 2 is 0.533 bits per heavy atom. The van der Waals surface area contributed by atoms with E-state index in [1.54, 1.807) is 0 Å². The van der Waals surface area contributed by atoms with Gasteiger partial charge in [0.15, 0.2) is 0 Å². The lowest BCUT2D eigenvalue weighted by molar-refractivity contribution is 0.400. The molecule has 6 heteroatoms. The molecule has 2 heterocycles. The summed E-state index contributed by atoms with van der Waals surface area (Å²) < 4.78 is 39.5. The van der Waals surface area contributed by atoms with E-state index in [4.69, 9.17) is 28.4 Å². The van der Waals surface area contributed by atoms with Crippen LogP contribution in [0, 0.1) is 27.7 Å². The maximum atomic E-state index is 6.85. The van der Waals surface area contributed by atoms with Gasteiger partial charge in [-0.05, 0) is 98.5 Å². The summed E-state index contributed by atoms with van der Waals surface area (Å²) in [5, 5.41) is 0. The molecule has 10 rings (SSSR count). The first-order valence-corrected chi connectivity index (χ1v) is 20.2. The molecule has 0 spiro atoms. The molecule has 60 heavy (non-hydrogen) atoms. The van der Waals surface area contributed by atoms with Crippen LogP contribution in [0.5, 0.6) is 69.0 Å². The van der Waals surface area contributed by atoms with Gasteiger partial charge in [0.05, 0.1) is 0 Å². The molecule has 0 radical (unpaired) electrons. The second-order valence-corrected chi connectivity index (χ2v) is 15.4. The molecule has 0 amide bonds. The van der Waals surface area contributed by atoms with Crippen molar-refractivity contribution < 1.29 is 28.4 Å². The van der Waals surface area contributed by atoms with Gasteiger partial charge in [0.1, 0.15) is 69.0 Å². The molecule has 2 aliphatic rings. The Bertz CT molecular complexity index is 2520. The fraction of sp³-hybridized carbons (Fsp3) is 0.111. The molecule has 8 aromatic carbocycles. The zero-order chi connectivity index (χ0) is 40.7. The quantitative estimate of drug-likeness (QED) is 0.145. The molecular formula is C54H42O6. The van der Waals surface area contributed by atoms with Crippen LogP contribution in [0.2, 0.25) is 0 Å². The minimum absolute atomic E-state index is 0.198. The summed E-state index contributed by atoms with van der Waals surface area (Å²) in [7, 11) is 0. The van der Waals surface area contributed by atoms with Crippen LogP contribution < -0.4 is 28.4 Å². The minimum atomic E-state index is -0.198. The molecule has 2 aliphatic heterocycles. The van der Waals surface area contributed by atoms with Gasteiger partial charge in [-0.15, -0.1) is 0 Å². The third kappa shape index (κ3) is 7.07. The van der Waals surface area contributed by atoms with E-state index in [0.717, 1.165) is 67.5 Å². The number of hydrogen-bond acceptors (Lipinski definition) is 6. The van der Waals surface area contributed by atoms with E-state index in [2.05, 4.69) is 24.3 Å². The Morgan fingerprint density at radius 3 is 0.767 bits per heavy atom. The van der Waals surface area contributed by atoms with Crippen molar-refractivity contribution in [3.63, 3.8) is 0 Å². The Kier molecular flexibility index (Phi) is 9.45. The van der Waals surface area contributed by atoms with E-state index in [9.17, 15) is 0 Å². The topological polar surface area (TPSA) is 55.4 Å². The molecule has 0 bridgehead atoms. The maximum Gasteiger partial charge on any atom is 0.135 e. The number of hydrogen-bond donors (Lipinski definition) is 0. The zero-order valence-corrected chi connectivity index (χ0v) is 33.8. The molecule has 0 saturated heterocycles.